The summed E-state index contributed by atoms with van der Waals surface area (Å²) in [6.07, 6.45) is 2.39. The minimum atomic E-state index is -0.623. The molecule has 0 aromatic carbocycles. The molecular formula is C11H23N3O. The Kier molecular flexibility index (Phi) is 3.41. The number of hydrogen-bond donors (Lipinski definition) is 2. The Morgan fingerprint density at radius 3 is 2.53 bits per heavy atom. The molecular weight excluding hydrogens is 190 g/mol. The molecule has 15 heavy (non-hydrogen) atoms. The highest BCUT2D eigenvalue weighted by molar-refractivity contribution is 5.84. The van der Waals surface area contributed by atoms with Gasteiger partial charge in [-0.25, -0.2) is 0 Å². The van der Waals surface area contributed by atoms with E-state index in [9.17, 15) is 4.79 Å². The zero-order valence-electron chi connectivity index (χ0n) is 10.3. The molecule has 1 saturated heterocycles. The second-order valence-corrected chi connectivity index (χ2v) is 5.28. The Balaban J connectivity index is 2.71. The van der Waals surface area contributed by atoms with E-state index in [-0.39, 0.29) is 11.4 Å². The van der Waals surface area contributed by atoms with Crippen molar-refractivity contribution in [2.45, 2.75) is 44.7 Å². The molecule has 0 aromatic heterocycles. The summed E-state index contributed by atoms with van der Waals surface area (Å²) >= 11 is 0. The van der Waals surface area contributed by atoms with Crippen LogP contribution < -0.4 is 11.1 Å². The first-order valence-electron chi connectivity index (χ1n) is 5.56. The van der Waals surface area contributed by atoms with E-state index < -0.39 is 5.54 Å². The zero-order valence-corrected chi connectivity index (χ0v) is 10.3. The van der Waals surface area contributed by atoms with Gasteiger partial charge in [-0.15, -0.1) is 0 Å². The fraction of sp³-hybridized carbons (Fsp3) is 0.909. The van der Waals surface area contributed by atoms with Crippen molar-refractivity contribution in [1.29, 1.82) is 0 Å². The van der Waals surface area contributed by atoms with Crippen molar-refractivity contribution in [3.63, 3.8) is 0 Å². The van der Waals surface area contributed by atoms with Gasteiger partial charge in [-0.2, -0.15) is 0 Å². The minimum Gasteiger partial charge on any atom is -0.368 e. The maximum atomic E-state index is 11.4. The number of amides is 1. The quantitative estimate of drug-likeness (QED) is 0.707. The van der Waals surface area contributed by atoms with Gasteiger partial charge < -0.3 is 11.1 Å². The predicted molar refractivity (Wildman–Crippen MR) is 61.5 cm³/mol. The van der Waals surface area contributed by atoms with E-state index in [1.54, 1.807) is 7.05 Å². The zero-order chi connectivity index (χ0) is 11.7. The Bertz CT molecular complexity index is 252. The van der Waals surface area contributed by atoms with Crippen LogP contribution in [0.25, 0.3) is 0 Å². The van der Waals surface area contributed by atoms with E-state index in [4.69, 9.17) is 5.73 Å². The maximum Gasteiger partial charge on any atom is 0.238 e. The Labute approximate surface area is 92.2 Å². The average molecular weight is 213 g/mol. The topological polar surface area (TPSA) is 58.4 Å². The second kappa shape index (κ2) is 4.10. The Morgan fingerprint density at radius 1 is 1.60 bits per heavy atom. The number of likely N-dealkylation sites (N-methyl/N-ethyl adjacent to an activating group) is 1. The molecule has 0 radical (unpaired) electrons. The van der Waals surface area contributed by atoms with Gasteiger partial charge in [0.1, 0.15) is 5.54 Å². The number of likely N-dealkylation sites (tertiary alicyclic amines) is 1. The average Bonchev–Trinajstić information content (AvgIpc) is 2.45. The number of rotatable bonds is 4. The highest BCUT2D eigenvalue weighted by Gasteiger charge is 2.39. The van der Waals surface area contributed by atoms with Crippen LogP contribution in [0.2, 0.25) is 0 Å². The predicted octanol–water partition coefficient (Wildman–Crippen LogP) is 0.324. The first-order chi connectivity index (χ1) is 6.82. The number of nitrogens with zero attached hydrogens (tertiary/aromatic N) is 1. The van der Waals surface area contributed by atoms with Crippen LogP contribution in [0.4, 0.5) is 0 Å². The minimum absolute atomic E-state index is 0.188. The Hall–Kier alpha value is -0.610. The van der Waals surface area contributed by atoms with Crippen LogP contribution >= 0.6 is 0 Å². The molecule has 4 heteroatoms. The number of hydrogen-bond acceptors (Lipinski definition) is 3. The molecule has 4 nitrogen and oxygen atoms in total. The number of nitrogens with two attached hydrogens (primary N) is 1. The molecule has 1 amide bonds. The van der Waals surface area contributed by atoms with Gasteiger partial charge in [-0.1, -0.05) is 0 Å². The van der Waals surface area contributed by atoms with Crippen molar-refractivity contribution >= 4 is 5.91 Å². The monoisotopic (exact) mass is 213 g/mol. The molecule has 1 aliphatic rings. The molecule has 1 fully saturated rings. The fourth-order valence-electron chi connectivity index (χ4n) is 2.12. The van der Waals surface area contributed by atoms with Crippen LogP contribution in [-0.4, -0.2) is 42.0 Å². The van der Waals surface area contributed by atoms with Crippen molar-refractivity contribution < 1.29 is 4.79 Å². The molecule has 1 heterocycles. The largest absolute Gasteiger partial charge is 0.368 e. The molecule has 3 N–H and O–H groups in total. The molecule has 0 aliphatic carbocycles. The van der Waals surface area contributed by atoms with E-state index in [1.165, 1.54) is 12.8 Å². The molecule has 0 aromatic rings. The normalized spacial score (nSPS) is 25.1. The molecule has 0 spiro atoms. The molecule has 1 aliphatic heterocycles. The van der Waals surface area contributed by atoms with Gasteiger partial charge >= 0.3 is 0 Å². The van der Waals surface area contributed by atoms with Crippen LogP contribution in [0.15, 0.2) is 0 Å². The molecule has 1 rings (SSSR count). The molecule has 0 saturated carbocycles. The van der Waals surface area contributed by atoms with E-state index >= 15 is 0 Å². The van der Waals surface area contributed by atoms with Gasteiger partial charge in [0.05, 0.1) is 0 Å². The van der Waals surface area contributed by atoms with Crippen LogP contribution in [0.5, 0.6) is 0 Å². The van der Waals surface area contributed by atoms with E-state index in [0.29, 0.717) is 6.54 Å². The van der Waals surface area contributed by atoms with Gasteiger partial charge in [-0.3, -0.25) is 9.69 Å². The highest BCUT2D eigenvalue weighted by atomic mass is 16.1. The Morgan fingerprint density at radius 2 is 2.20 bits per heavy atom. The van der Waals surface area contributed by atoms with Crippen molar-refractivity contribution in [3.8, 4) is 0 Å². The maximum absolute atomic E-state index is 11.4. The third-order valence-electron chi connectivity index (χ3n) is 3.68. The highest BCUT2D eigenvalue weighted by Crippen LogP contribution is 2.29. The number of carbonyl (C=O) groups is 1. The molecule has 0 bridgehead atoms. The number of carbonyl (C=O) groups excluding carboxylic acids is 1. The summed E-state index contributed by atoms with van der Waals surface area (Å²) in [5.41, 5.74) is 4.98. The molecule has 88 valence electrons. The fourth-order valence-corrected chi connectivity index (χ4v) is 2.12. The lowest BCUT2D eigenvalue weighted by Gasteiger charge is -2.38. The van der Waals surface area contributed by atoms with Crippen LogP contribution in [0.1, 0.15) is 33.6 Å². The summed E-state index contributed by atoms with van der Waals surface area (Å²) in [7, 11) is 1.79. The van der Waals surface area contributed by atoms with Gasteiger partial charge in [0.2, 0.25) is 5.91 Å². The smallest absolute Gasteiger partial charge is 0.238 e. The van der Waals surface area contributed by atoms with Gasteiger partial charge in [0.15, 0.2) is 0 Å². The van der Waals surface area contributed by atoms with E-state index in [0.717, 1.165) is 6.54 Å². The first-order valence-corrected chi connectivity index (χ1v) is 5.56. The molecule has 1 atom stereocenters. The van der Waals surface area contributed by atoms with Crippen molar-refractivity contribution in [2.75, 3.05) is 20.1 Å². The lowest BCUT2D eigenvalue weighted by molar-refractivity contribution is -0.124. The summed E-state index contributed by atoms with van der Waals surface area (Å²) in [5, 5.41) is 3.03. The molecule has 1 unspecified atom stereocenters. The van der Waals surface area contributed by atoms with Crippen LogP contribution in [0.3, 0.4) is 0 Å². The third kappa shape index (κ3) is 2.49. The summed E-state index contributed by atoms with van der Waals surface area (Å²) in [6.45, 7) is 8.04. The third-order valence-corrected chi connectivity index (χ3v) is 3.68. The summed E-state index contributed by atoms with van der Waals surface area (Å²) in [6, 6.07) is 0. The van der Waals surface area contributed by atoms with Gasteiger partial charge in [0, 0.05) is 12.1 Å². The number of primary amides is 1. The van der Waals surface area contributed by atoms with Crippen LogP contribution in [0, 0.1) is 0 Å². The second-order valence-electron chi connectivity index (χ2n) is 5.28. The van der Waals surface area contributed by atoms with Gasteiger partial charge in [-0.05, 0) is 47.2 Å². The van der Waals surface area contributed by atoms with Crippen molar-refractivity contribution in [1.82, 2.24) is 10.2 Å². The summed E-state index contributed by atoms with van der Waals surface area (Å²) in [5.74, 6) is -0.285. The standard InChI is InChI=1S/C11H23N3O/c1-10(2)6-5-7-14(10)8-11(3,13-4)9(12)15/h13H,5-8H2,1-4H3,(H2,12,15). The van der Waals surface area contributed by atoms with Crippen molar-refractivity contribution in [3.05, 3.63) is 0 Å². The first kappa shape index (κ1) is 12.5. The lowest BCUT2D eigenvalue weighted by Crippen LogP contribution is -2.60. The van der Waals surface area contributed by atoms with Gasteiger partial charge in [0.25, 0.3) is 0 Å². The summed E-state index contributed by atoms with van der Waals surface area (Å²) in [4.78, 5) is 13.7. The summed E-state index contributed by atoms with van der Waals surface area (Å²) < 4.78 is 0. The van der Waals surface area contributed by atoms with E-state index in [2.05, 4.69) is 24.1 Å². The number of nitrogens with one attached hydrogen (secondary N) is 1. The van der Waals surface area contributed by atoms with Crippen molar-refractivity contribution in [2.24, 2.45) is 5.73 Å². The van der Waals surface area contributed by atoms with Crippen LogP contribution in [-0.2, 0) is 4.79 Å². The lowest BCUT2D eigenvalue weighted by atomic mass is 9.97. The van der Waals surface area contributed by atoms with E-state index in [1.807, 2.05) is 6.92 Å². The SMILES string of the molecule is CNC(C)(CN1CCCC1(C)C)C(N)=O.